The predicted molar refractivity (Wildman–Crippen MR) is 98.7 cm³/mol. The smallest absolute Gasteiger partial charge is 0.211 e. The molecular formula is C18H26N4O2S. The van der Waals surface area contributed by atoms with Crippen molar-refractivity contribution in [1.82, 2.24) is 19.5 Å². The van der Waals surface area contributed by atoms with Crippen molar-refractivity contribution in [3.63, 3.8) is 0 Å². The van der Waals surface area contributed by atoms with Gasteiger partial charge in [0.1, 0.15) is 0 Å². The van der Waals surface area contributed by atoms with E-state index in [0.717, 1.165) is 30.5 Å². The first-order chi connectivity index (χ1) is 12.0. The van der Waals surface area contributed by atoms with Gasteiger partial charge in [-0.05, 0) is 43.7 Å². The van der Waals surface area contributed by atoms with Gasteiger partial charge in [-0.25, -0.2) is 13.1 Å². The van der Waals surface area contributed by atoms with Crippen LogP contribution in [0.5, 0.6) is 0 Å². The summed E-state index contributed by atoms with van der Waals surface area (Å²) in [5, 5.41) is 4.80. The van der Waals surface area contributed by atoms with Crippen molar-refractivity contribution in [3.8, 4) is 11.3 Å². The van der Waals surface area contributed by atoms with Gasteiger partial charge in [0, 0.05) is 35.8 Å². The zero-order chi connectivity index (χ0) is 17.9. The zero-order valence-electron chi connectivity index (χ0n) is 14.9. The highest BCUT2D eigenvalue weighted by Gasteiger charge is 2.22. The standard InChI is InChI=1S/C18H26N4O2S/c1-14(2)13-25(23,24)20-11-12-22-17-6-4-3-5-16(17)18(21-22)15-7-9-19-10-8-15/h7-10,14,20H,3-6,11-13H2,1-2H3. The Labute approximate surface area is 149 Å². The normalized spacial score (nSPS) is 14.7. The van der Waals surface area contributed by atoms with Crippen LogP contribution in [-0.4, -0.2) is 35.5 Å². The van der Waals surface area contributed by atoms with Crippen LogP contribution in [0, 0.1) is 5.92 Å². The summed E-state index contributed by atoms with van der Waals surface area (Å²) in [4.78, 5) is 4.08. The summed E-state index contributed by atoms with van der Waals surface area (Å²) >= 11 is 0. The fraction of sp³-hybridized carbons (Fsp3) is 0.556. The predicted octanol–water partition coefficient (Wildman–Crippen LogP) is 2.40. The maximum atomic E-state index is 12.0. The first kappa shape index (κ1) is 18.1. The molecule has 0 atom stereocenters. The van der Waals surface area contributed by atoms with E-state index in [-0.39, 0.29) is 11.7 Å². The Balaban J connectivity index is 1.77. The second-order valence-electron chi connectivity index (χ2n) is 7.01. The number of rotatable bonds is 7. The number of aromatic nitrogens is 3. The van der Waals surface area contributed by atoms with Gasteiger partial charge in [0.2, 0.25) is 10.0 Å². The van der Waals surface area contributed by atoms with Crippen molar-refractivity contribution in [2.75, 3.05) is 12.3 Å². The van der Waals surface area contributed by atoms with Crippen molar-refractivity contribution < 1.29 is 8.42 Å². The number of nitrogens with zero attached hydrogens (tertiary/aromatic N) is 3. The van der Waals surface area contributed by atoms with Gasteiger partial charge in [-0.3, -0.25) is 9.67 Å². The molecular weight excluding hydrogens is 336 g/mol. The van der Waals surface area contributed by atoms with Gasteiger partial charge in [-0.1, -0.05) is 13.8 Å². The molecule has 0 aromatic carbocycles. The first-order valence-electron chi connectivity index (χ1n) is 8.92. The lowest BCUT2D eigenvalue weighted by Crippen LogP contribution is -2.31. The summed E-state index contributed by atoms with van der Waals surface area (Å²) in [5.41, 5.74) is 4.65. The van der Waals surface area contributed by atoms with Crippen molar-refractivity contribution in [3.05, 3.63) is 35.8 Å². The summed E-state index contributed by atoms with van der Waals surface area (Å²) in [6, 6.07) is 3.96. The van der Waals surface area contributed by atoms with Crippen LogP contribution < -0.4 is 4.72 Å². The van der Waals surface area contributed by atoms with E-state index in [4.69, 9.17) is 5.10 Å². The van der Waals surface area contributed by atoms with Crippen LogP contribution in [0.4, 0.5) is 0 Å². The summed E-state index contributed by atoms with van der Waals surface area (Å²) < 4.78 is 28.7. The Morgan fingerprint density at radius 2 is 1.92 bits per heavy atom. The van der Waals surface area contributed by atoms with E-state index < -0.39 is 10.0 Å². The van der Waals surface area contributed by atoms with Gasteiger partial charge in [0.15, 0.2) is 0 Å². The molecule has 6 nitrogen and oxygen atoms in total. The van der Waals surface area contributed by atoms with Crippen molar-refractivity contribution in [2.45, 2.75) is 46.1 Å². The van der Waals surface area contributed by atoms with Crippen molar-refractivity contribution in [2.24, 2.45) is 5.92 Å². The highest BCUT2D eigenvalue weighted by Crippen LogP contribution is 2.30. The third kappa shape index (κ3) is 4.46. The Bertz CT molecular complexity index is 813. The average Bonchev–Trinajstić information content (AvgIpc) is 2.93. The number of pyridine rings is 1. The molecule has 0 spiro atoms. The van der Waals surface area contributed by atoms with Crippen molar-refractivity contribution >= 4 is 10.0 Å². The van der Waals surface area contributed by atoms with E-state index in [1.807, 2.05) is 30.7 Å². The Morgan fingerprint density at radius 3 is 2.64 bits per heavy atom. The first-order valence-corrected chi connectivity index (χ1v) is 10.6. The fourth-order valence-corrected chi connectivity index (χ4v) is 4.80. The molecule has 2 heterocycles. The maximum absolute atomic E-state index is 12.0. The summed E-state index contributed by atoms with van der Waals surface area (Å²) in [6.07, 6.45) is 7.94. The van der Waals surface area contributed by atoms with Crippen molar-refractivity contribution in [1.29, 1.82) is 0 Å². The SMILES string of the molecule is CC(C)CS(=O)(=O)NCCn1nc(-c2ccncc2)c2c1CCCC2. The quantitative estimate of drug-likeness (QED) is 0.820. The highest BCUT2D eigenvalue weighted by molar-refractivity contribution is 7.89. The largest absolute Gasteiger partial charge is 0.267 e. The lowest BCUT2D eigenvalue weighted by molar-refractivity contribution is 0.534. The van der Waals surface area contributed by atoms with E-state index in [2.05, 4.69) is 9.71 Å². The molecule has 2 aromatic rings. The van der Waals surface area contributed by atoms with Gasteiger partial charge < -0.3 is 0 Å². The molecule has 0 aliphatic heterocycles. The molecule has 1 aliphatic rings. The van der Waals surface area contributed by atoms with Gasteiger partial charge in [-0.2, -0.15) is 5.10 Å². The number of fused-ring (bicyclic) bond motifs is 1. The lowest BCUT2D eigenvalue weighted by atomic mass is 9.94. The highest BCUT2D eigenvalue weighted by atomic mass is 32.2. The van der Waals surface area contributed by atoms with Crippen LogP contribution in [0.25, 0.3) is 11.3 Å². The molecule has 0 saturated carbocycles. The maximum Gasteiger partial charge on any atom is 0.211 e. The number of hydrogen-bond donors (Lipinski definition) is 1. The Morgan fingerprint density at radius 1 is 1.20 bits per heavy atom. The van der Waals surface area contributed by atoms with Gasteiger partial charge in [0.05, 0.1) is 18.0 Å². The molecule has 0 amide bonds. The average molecular weight is 362 g/mol. The molecule has 0 saturated heterocycles. The van der Waals surface area contributed by atoms with Gasteiger partial charge in [-0.15, -0.1) is 0 Å². The minimum absolute atomic E-state index is 0.119. The Hall–Kier alpha value is -1.73. The number of hydrogen-bond acceptors (Lipinski definition) is 4. The van der Waals surface area contributed by atoms with E-state index in [0.29, 0.717) is 13.1 Å². The van der Waals surface area contributed by atoms with Crippen LogP contribution in [0.2, 0.25) is 0 Å². The summed E-state index contributed by atoms with van der Waals surface area (Å²) in [7, 11) is -3.22. The van der Waals surface area contributed by atoms with Crippen LogP contribution in [-0.2, 0) is 29.4 Å². The third-order valence-corrected chi connectivity index (χ3v) is 6.16. The second kappa shape index (κ2) is 7.66. The molecule has 0 fully saturated rings. The van der Waals surface area contributed by atoms with E-state index in [1.54, 1.807) is 12.4 Å². The van der Waals surface area contributed by atoms with E-state index in [1.165, 1.54) is 17.7 Å². The van der Waals surface area contributed by atoms with Crippen LogP contribution in [0.15, 0.2) is 24.5 Å². The van der Waals surface area contributed by atoms with Crippen LogP contribution >= 0.6 is 0 Å². The van der Waals surface area contributed by atoms with Gasteiger partial charge in [0.25, 0.3) is 0 Å². The van der Waals surface area contributed by atoms with Gasteiger partial charge >= 0.3 is 0 Å². The second-order valence-corrected chi connectivity index (χ2v) is 8.86. The molecule has 2 aromatic heterocycles. The fourth-order valence-electron chi connectivity index (χ4n) is 3.40. The van der Waals surface area contributed by atoms with E-state index in [9.17, 15) is 8.42 Å². The Kier molecular flexibility index (Phi) is 5.54. The molecule has 1 aliphatic carbocycles. The molecule has 7 heteroatoms. The lowest BCUT2D eigenvalue weighted by Gasteiger charge is -2.15. The number of nitrogens with one attached hydrogen (secondary N) is 1. The van der Waals surface area contributed by atoms with Crippen LogP contribution in [0.3, 0.4) is 0 Å². The monoisotopic (exact) mass is 362 g/mol. The molecule has 1 N–H and O–H groups in total. The molecule has 0 radical (unpaired) electrons. The molecule has 0 bridgehead atoms. The summed E-state index contributed by atoms with van der Waals surface area (Å²) in [6.45, 7) is 4.75. The van der Waals surface area contributed by atoms with E-state index >= 15 is 0 Å². The summed E-state index contributed by atoms with van der Waals surface area (Å²) in [5.74, 6) is 0.278. The van der Waals surface area contributed by atoms with Crippen LogP contribution in [0.1, 0.15) is 37.9 Å². The zero-order valence-corrected chi connectivity index (χ0v) is 15.7. The minimum atomic E-state index is -3.22. The molecule has 136 valence electrons. The minimum Gasteiger partial charge on any atom is -0.267 e. The molecule has 25 heavy (non-hydrogen) atoms. The third-order valence-electron chi connectivity index (χ3n) is 4.41. The molecule has 3 rings (SSSR count). The molecule has 0 unspecified atom stereocenters. The topological polar surface area (TPSA) is 76.9 Å². The number of sulfonamides is 1.